The highest BCUT2D eigenvalue weighted by Gasteiger charge is 2.24. The van der Waals surface area contributed by atoms with Gasteiger partial charge in [-0.1, -0.05) is 13.8 Å². The molecule has 2 aromatic heterocycles. The Hall–Kier alpha value is -2.02. The van der Waals surface area contributed by atoms with Gasteiger partial charge in [0.2, 0.25) is 0 Å². The first kappa shape index (κ1) is 16.8. The van der Waals surface area contributed by atoms with Crippen molar-refractivity contribution in [2.75, 3.05) is 18.0 Å². The molecule has 1 saturated heterocycles. The maximum Gasteiger partial charge on any atom is 0.255 e. The largest absolute Gasteiger partial charge is 0.349 e. The molecule has 3 rings (SSSR count). The van der Waals surface area contributed by atoms with Crippen molar-refractivity contribution >= 4 is 22.4 Å². The molecule has 0 radical (unpaired) electrons. The lowest BCUT2D eigenvalue weighted by Gasteiger charge is -2.32. The summed E-state index contributed by atoms with van der Waals surface area (Å²) in [6.07, 6.45) is 6.73. The number of anilines is 1. The van der Waals surface area contributed by atoms with Gasteiger partial charge in [-0.2, -0.15) is 0 Å². The molecular weight excluding hydrogens is 322 g/mol. The molecule has 2 aromatic rings. The average Bonchev–Trinajstić information content (AvgIpc) is 3.16. The minimum absolute atomic E-state index is 0.0306. The molecule has 6 nitrogen and oxygen atoms in total. The first-order chi connectivity index (χ1) is 11.7. The van der Waals surface area contributed by atoms with Crippen LogP contribution >= 0.6 is 11.3 Å². The van der Waals surface area contributed by atoms with Gasteiger partial charge < -0.3 is 10.2 Å². The topological polar surface area (TPSA) is 71.0 Å². The molecule has 24 heavy (non-hydrogen) atoms. The van der Waals surface area contributed by atoms with Crippen molar-refractivity contribution in [1.29, 1.82) is 0 Å². The number of aromatic nitrogens is 3. The molecule has 1 N–H and O–H groups in total. The van der Waals surface area contributed by atoms with Gasteiger partial charge in [-0.25, -0.2) is 15.0 Å². The fourth-order valence-corrected chi connectivity index (χ4v) is 3.80. The molecule has 0 atom stereocenters. The number of nitrogens with one attached hydrogen (secondary N) is 1. The molecule has 128 valence electrons. The third-order valence-electron chi connectivity index (χ3n) is 4.42. The molecule has 0 unspecified atom stereocenters. The average molecular weight is 345 g/mol. The fourth-order valence-electron chi connectivity index (χ4n) is 3.11. The van der Waals surface area contributed by atoms with E-state index in [0.29, 0.717) is 5.56 Å². The molecule has 1 fully saturated rings. The Labute approximate surface area is 146 Å². The second kappa shape index (κ2) is 7.70. The Bertz CT molecular complexity index is 658. The van der Waals surface area contributed by atoms with Crippen LogP contribution in [-0.2, 0) is 12.8 Å². The van der Waals surface area contributed by atoms with Gasteiger partial charge in [0, 0.05) is 30.7 Å². The van der Waals surface area contributed by atoms with Crippen molar-refractivity contribution < 1.29 is 4.79 Å². The van der Waals surface area contributed by atoms with Gasteiger partial charge in [-0.3, -0.25) is 4.79 Å². The number of hydrogen-bond donors (Lipinski definition) is 1. The number of carbonyl (C=O) groups is 1. The fraction of sp³-hybridized carbons (Fsp3) is 0.529. The van der Waals surface area contributed by atoms with Crippen LogP contribution in [0.25, 0.3) is 0 Å². The number of rotatable bonds is 5. The van der Waals surface area contributed by atoms with Crippen LogP contribution in [0.1, 0.15) is 48.4 Å². The van der Waals surface area contributed by atoms with Gasteiger partial charge in [0.05, 0.1) is 17.0 Å². The summed E-state index contributed by atoms with van der Waals surface area (Å²) in [4.78, 5) is 28.0. The molecule has 0 bridgehead atoms. The maximum atomic E-state index is 12.8. The van der Waals surface area contributed by atoms with Crippen LogP contribution in [0.2, 0.25) is 0 Å². The standard InChI is InChI=1S/C17H23N5OS/c1-3-13-15(14(4-2)20-11-19-13)16(23)21-12-5-8-22(9-6-12)17-18-7-10-24-17/h7,10-12H,3-6,8-9H2,1-2H3,(H,21,23). The Morgan fingerprint density at radius 3 is 2.42 bits per heavy atom. The highest BCUT2D eigenvalue weighted by atomic mass is 32.1. The zero-order chi connectivity index (χ0) is 16.9. The Morgan fingerprint density at radius 2 is 1.88 bits per heavy atom. The third-order valence-corrected chi connectivity index (χ3v) is 5.25. The van der Waals surface area contributed by atoms with Crippen LogP contribution in [0.5, 0.6) is 0 Å². The van der Waals surface area contributed by atoms with Crippen molar-refractivity contribution in [1.82, 2.24) is 20.3 Å². The number of thiazole rings is 1. The Morgan fingerprint density at radius 1 is 1.21 bits per heavy atom. The van der Waals surface area contributed by atoms with E-state index in [0.717, 1.165) is 55.3 Å². The lowest BCUT2D eigenvalue weighted by molar-refractivity contribution is 0.0928. The second-order valence-electron chi connectivity index (χ2n) is 5.90. The van der Waals surface area contributed by atoms with E-state index in [-0.39, 0.29) is 11.9 Å². The number of hydrogen-bond acceptors (Lipinski definition) is 6. The Kier molecular flexibility index (Phi) is 5.40. The van der Waals surface area contributed by atoms with Crippen molar-refractivity contribution in [3.8, 4) is 0 Å². The number of piperidine rings is 1. The molecular formula is C17H23N5OS. The van der Waals surface area contributed by atoms with E-state index < -0.39 is 0 Å². The molecule has 0 saturated carbocycles. The normalized spacial score (nSPS) is 15.5. The molecule has 0 aromatic carbocycles. The predicted octanol–water partition coefficient (Wildman–Crippen LogP) is 2.46. The van der Waals surface area contributed by atoms with E-state index in [9.17, 15) is 4.79 Å². The molecule has 7 heteroatoms. The van der Waals surface area contributed by atoms with Gasteiger partial charge >= 0.3 is 0 Å². The summed E-state index contributed by atoms with van der Waals surface area (Å²) in [6, 6.07) is 0.198. The number of nitrogens with zero attached hydrogens (tertiary/aromatic N) is 4. The number of aryl methyl sites for hydroxylation is 2. The van der Waals surface area contributed by atoms with E-state index in [1.54, 1.807) is 17.7 Å². The smallest absolute Gasteiger partial charge is 0.255 e. The predicted molar refractivity (Wildman–Crippen MR) is 95.6 cm³/mol. The zero-order valence-corrected chi connectivity index (χ0v) is 15.0. The quantitative estimate of drug-likeness (QED) is 0.901. The zero-order valence-electron chi connectivity index (χ0n) is 14.2. The summed E-state index contributed by atoms with van der Waals surface area (Å²) in [7, 11) is 0. The highest BCUT2D eigenvalue weighted by molar-refractivity contribution is 7.13. The van der Waals surface area contributed by atoms with Crippen LogP contribution < -0.4 is 10.2 Å². The van der Waals surface area contributed by atoms with Gasteiger partial charge in [-0.15, -0.1) is 11.3 Å². The third kappa shape index (κ3) is 3.56. The van der Waals surface area contributed by atoms with E-state index in [2.05, 4.69) is 25.2 Å². The minimum Gasteiger partial charge on any atom is -0.349 e. The summed E-state index contributed by atoms with van der Waals surface area (Å²) >= 11 is 1.66. The van der Waals surface area contributed by atoms with Crippen molar-refractivity contribution in [2.24, 2.45) is 0 Å². The maximum absolute atomic E-state index is 12.8. The van der Waals surface area contributed by atoms with Gasteiger partial charge in [0.1, 0.15) is 6.33 Å². The van der Waals surface area contributed by atoms with Gasteiger partial charge in [0.25, 0.3) is 5.91 Å². The van der Waals surface area contributed by atoms with Crippen LogP contribution in [-0.4, -0.2) is 40.0 Å². The molecule has 0 spiro atoms. The summed E-state index contributed by atoms with van der Waals surface area (Å²) in [6.45, 7) is 5.88. The SMILES string of the molecule is CCc1ncnc(CC)c1C(=O)NC1CCN(c2nccs2)CC1. The number of amides is 1. The monoisotopic (exact) mass is 345 g/mol. The lowest BCUT2D eigenvalue weighted by Crippen LogP contribution is -2.45. The van der Waals surface area contributed by atoms with E-state index in [4.69, 9.17) is 0 Å². The molecule has 1 amide bonds. The number of carbonyl (C=O) groups excluding carboxylic acids is 1. The first-order valence-corrected chi connectivity index (χ1v) is 9.38. The van der Waals surface area contributed by atoms with Gasteiger partial charge in [-0.05, 0) is 25.7 Å². The van der Waals surface area contributed by atoms with Crippen LogP contribution in [0.3, 0.4) is 0 Å². The van der Waals surface area contributed by atoms with Gasteiger partial charge in [0.15, 0.2) is 5.13 Å². The minimum atomic E-state index is -0.0306. The van der Waals surface area contributed by atoms with Crippen molar-refractivity contribution in [3.63, 3.8) is 0 Å². The second-order valence-corrected chi connectivity index (χ2v) is 6.77. The highest BCUT2D eigenvalue weighted by Crippen LogP contribution is 2.22. The first-order valence-electron chi connectivity index (χ1n) is 8.51. The molecule has 0 aliphatic carbocycles. The summed E-state index contributed by atoms with van der Waals surface area (Å²) < 4.78 is 0. The van der Waals surface area contributed by atoms with E-state index in [1.165, 1.54) is 0 Å². The molecule has 1 aliphatic rings. The Balaban J connectivity index is 1.64. The van der Waals surface area contributed by atoms with Crippen LogP contribution in [0.15, 0.2) is 17.9 Å². The van der Waals surface area contributed by atoms with Crippen molar-refractivity contribution in [3.05, 3.63) is 34.9 Å². The lowest BCUT2D eigenvalue weighted by atomic mass is 10.0. The van der Waals surface area contributed by atoms with Crippen LogP contribution in [0.4, 0.5) is 5.13 Å². The van der Waals surface area contributed by atoms with E-state index >= 15 is 0 Å². The summed E-state index contributed by atoms with van der Waals surface area (Å²) in [5.74, 6) is -0.0306. The summed E-state index contributed by atoms with van der Waals surface area (Å²) in [5, 5.41) is 6.25. The molecule has 3 heterocycles. The van der Waals surface area contributed by atoms with E-state index in [1.807, 2.05) is 25.4 Å². The molecule has 1 aliphatic heterocycles. The van der Waals surface area contributed by atoms with Crippen molar-refractivity contribution in [2.45, 2.75) is 45.6 Å². The summed E-state index contributed by atoms with van der Waals surface area (Å²) in [5.41, 5.74) is 2.34. The van der Waals surface area contributed by atoms with Crippen LogP contribution in [0, 0.1) is 0 Å².